The molecule has 1 aliphatic rings. The molecule has 0 amide bonds. The van der Waals surface area contributed by atoms with E-state index in [1.807, 2.05) is 30.7 Å². The van der Waals surface area contributed by atoms with E-state index in [4.69, 9.17) is 0 Å². The topological polar surface area (TPSA) is 25.8 Å². The van der Waals surface area contributed by atoms with Crippen LogP contribution in [0.25, 0.3) is 22.4 Å². The Hall–Kier alpha value is -2.48. The van der Waals surface area contributed by atoms with Gasteiger partial charge in [0, 0.05) is 29.7 Å². The molecule has 0 radical (unpaired) electrons. The Balaban J connectivity index is 1.95. The van der Waals surface area contributed by atoms with Crippen molar-refractivity contribution in [2.24, 2.45) is 0 Å². The van der Waals surface area contributed by atoms with Crippen molar-refractivity contribution in [3.63, 3.8) is 0 Å². The maximum Gasteiger partial charge on any atom is 0.0705 e. The first kappa shape index (κ1) is 10.4. The fourth-order valence-corrected chi connectivity index (χ4v) is 2.80. The minimum absolute atomic E-state index is 0.972. The second-order valence-electron chi connectivity index (χ2n) is 4.76. The molecule has 0 saturated heterocycles. The highest BCUT2D eigenvalue weighted by Crippen LogP contribution is 2.40. The van der Waals surface area contributed by atoms with Gasteiger partial charge in [-0.2, -0.15) is 0 Å². The molecular formula is C17H12N2. The van der Waals surface area contributed by atoms with Crippen LogP contribution in [0.4, 0.5) is 0 Å². The van der Waals surface area contributed by atoms with Gasteiger partial charge in [-0.05, 0) is 41.3 Å². The molecular weight excluding hydrogens is 232 g/mol. The van der Waals surface area contributed by atoms with Crippen LogP contribution in [0.5, 0.6) is 0 Å². The molecule has 0 spiro atoms. The Bertz CT molecular complexity index is 748. The van der Waals surface area contributed by atoms with Crippen LogP contribution in [-0.4, -0.2) is 9.97 Å². The van der Waals surface area contributed by atoms with Gasteiger partial charge in [0.15, 0.2) is 0 Å². The van der Waals surface area contributed by atoms with Gasteiger partial charge in [0.2, 0.25) is 0 Å². The molecule has 0 fully saturated rings. The van der Waals surface area contributed by atoms with Gasteiger partial charge in [-0.3, -0.25) is 9.97 Å². The number of fused-ring (bicyclic) bond motifs is 3. The highest BCUT2D eigenvalue weighted by atomic mass is 14.7. The summed E-state index contributed by atoms with van der Waals surface area (Å²) in [7, 11) is 0. The van der Waals surface area contributed by atoms with Crippen LogP contribution >= 0.6 is 0 Å². The Morgan fingerprint density at radius 3 is 2.63 bits per heavy atom. The molecule has 0 unspecified atom stereocenters. The van der Waals surface area contributed by atoms with E-state index in [0.717, 1.165) is 12.1 Å². The summed E-state index contributed by atoms with van der Waals surface area (Å²) in [4.78, 5) is 8.72. The predicted octanol–water partition coefficient (Wildman–Crippen LogP) is 3.71. The number of hydrogen-bond acceptors (Lipinski definition) is 2. The molecule has 2 heteroatoms. The summed E-state index contributed by atoms with van der Waals surface area (Å²) in [5.41, 5.74) is 7.55. The fraction of sp³-hybridized carbons (Fsp3) is 0.0588. The Kier molecular flexibility index (Phi) is 2.21. The molecule has 2 nitrogen and oxygen atoms in total. The monoisotopic (exact) mass is 244 g/mol. The lowest BCUT2D eigenvalue weighted by atomic mass is 9.99. The molecule has 0 bridgehead atoms. The summed E-state index contributed by atoms with van der Waals surface area (Å²) in [6, 6.07) is 14.6. The second-order valence-corrected chi connectivity index (χ2v) is 4.76. The van der Waals surface area contributed by atoms with Crippen molar-refractivity contribution in [2.75, 3.05) is 0 Å². The Labute approximate surface area is 111 Å². The summed E-state index contributed by atoms with van der Waals surface area (Å²) >= 11 is 0. The number of aromatic nitrogens is 2. The molecule has 1 aromatic carbocycles. The number of rotatable bonds is 1. The summed E-state index contributed by atoms with van der Waals surface area (Å²) in [6.07, 6.45) is 6.65. The summed E-state index contributed by atoms with van der Waals surface area (Å²) < 4.78 is 0. The van der Waals surface area contributed by atoms with Gasteiger partial charge in [0.25, 0.3) is 0 Å². The normalized spacial score (nSPS) is 12.0. The molecule has 0 saturated carbocycles. The number of pyridine rings is 2. The number of nitrogens with zero attached hydrogens (tertiary/aromatic N) is 2. The standard InChI is InChI=1S/C17H12N2/c1-2-8-19-17(6-1)14-5-3-4-13-15(14)10-12-7-9-18-11-16(12)13/h1-9,11H,10H2. The third kappa shape index (κ3) is 1.57. The molecule has 19 heavy (non-hydrogen) atoms. The van der Waals surface area contributed by atoms with Crippen LogP contribution in [0.2, 0.25) is 0 Å². The van der Waals surface area contributed by atoms with Gasteiger partial charge in [0.05, 0.1) is 5.69 Å². The molecule has 1 aliphatic carbocycles. The first-order valence-electron chi connectivity index (χ1n) is 6.40. The minimum Gasteiger partial charge on any atom is -0.264 e. The molecule has 0 atom stereocenters. The van der Waals surface area contributed by atoms with Crippen LogP contribution in [0.3, 0.4) is 0 Å². The highest BCUT2D eigenvalue weighted by Gasteiger charge is 2.21. The SMILES string of the molecule is c1ccc(-c2cccc3c2Cc2ccncc2-3)nc1. The van der Waals surface area contributed by atoms with Gasteiger partial charge in [0.1, 0.15) is 0 Å². The van der Waals surface area contributed by atoms with Crippen LogP contribution < -0.4 is 0 Å². The lowest BCUT2D eigenvalue weighted by Gasteiger charge is -2.07. The predicted molar refractivity (Wildman–Crippen MR) is 75.7 cm³/mol. The molecule has 4 rings (SSSR count). The third-order valence-corrected chi connectivity index (χ3v) is 3.69. The van der Waals surface area contributed by atoms with E-state index in [-0.39, 0.29) is 0 Å². The lowest BCUT2D eigenvalue weighted by molar-refractivity contribution is 1.22. The average Bonchev–Trinajstić information content (AvgIpc) is 2.87. The van der Waals surface area contributed by atoms with E-state index in [1.54, 1.807) is 0 Å². The van der Waals surface area contributed by atoms with Gasteiger partial charge in [-0.25, -0.2) is 0 Å². The van der Waals surface area contributed by atoms with Crippen LogP contribution in [0.1, 0.15) is 11.1 Å². The zero-order valence-electron chi connectivity index (χ0n) is 10.4. The van der Waals surface area contributed by atoms with E-state index in [2.05, 4.69) is 40.3 Å². The van der Waals surface area contributed by atoms with Crippen molar-refractivity contribution in [1.29, 1.82) is 0 Å². The van der Waals surface area contributed by atoms with E-state index in [9.17, 15) is 0 Å². The smallest absolute Gasteiger partial charge is 0.0705 e. The van der Waals surface area contributed by atoms with Crippen molar-refractivity contribution in [3.8, 4) is 22.4 Å². The molecule has 2 aromatic heterocycles. The molecule has 3 aromatic rings. The zero-order chi connectivity index (χ0) is 12.7. The highest BCUT2D eigenvalue weighted by molar-refractivity contribution is 5.83. The van der Waals surface area contributed by atoms with Crippen molar-refractivity contribution in [1.82, 2.24) is 9.97 Å². The summed E-state index contributed by atoms with van der Waals surface area (Å²) in [5.74, 6) is 0. The first-order valence-corrected chi connectivity index (χ1v) is 6.40. The lowest BCUT2D eigenvalue weighted by Crippen LogP contribution is -1.89. The van der Waals surface area contributed by atoms with E-state index in [1.165, 1.54) is 27.8 Å². The second kappa shape index (κ2) is 4.02. The Morgan fingerprint density at radius 1 is 0.789 bits per heavy atom. The zero-order valence-corrected chi connectivity index (χ0v) is 10.4. The molecule has 0 N–H and O–H groups in total. The summed E-state index contributed by atoms with van der Waals surface area (Å²) in [6.45, 7) is 0. The molecule has 90 valence electrons. The van der Waals surface area contributed by atoms with Crippen molar-refractivity contribution in [3.05, 3.63) is 72.2 Å². The summed E-state index contributed by atoms with van der Waals surface area (Å²) in [5, 5.41) is 0. The number of benzene rings is 1. The maximum absolute atomic E-state index is 4.47. The van der Waals surface area contributed by atoms with Crippen molar-refractivity contribution < 1.29 is 0 Å². The van der Waals surface area contributed by atoms with Gasteiger partial charge < -0.3 is 0 Å². The third-order valence-electron chi connectivity index (χ3n) is 3.69. The van der Waals surface area contributed by atoms with Gasteiger partial charge in [-0.1, -0.05) is 24.3 Å². The molecule has 2 heterocycles. The van der Waals surface area contributed by atoms with Gasteiger partial charge in [-0.15, -0.1) is 0 Å². The van der Waals surface area contributed by atoms with Gasteiger partial charge >= 0.3 is 0 Å². The maximum atomic E-state index is 4.47. The van der Waals surface area contributed by atoms with Crippen LogP contribution in [0.15, 0.2) is 61.1 Å². The van der Waals surface area contributed by atoms with Crippen LogP contribution in [-0.2, 0) is 6.42 Å². The van der Waals surface area contributed by atoms with E-state index in [0.29, 0.717) is 0 Å². The first-order chi connectivity index (χ1) is 9.43. The van der Waals surface area contributed by atoms with Crippen LogP contribution in [0, 0.1) is 0 Å². The average molecular weight is 244 g/mol. The van der Waals surface area contributed by atoms with Crippen molar-refractivity contribution >= 4 is 0 Å². The molecule has 0 aliphatic heterocycles. The fourth-order valence-electron chi connectivity index (χ4n) is 2.80. The minimum atomic E-state index is 0.972. The largest absolute Gasteiger partial charge is 0.264 e. The van der Waals surface area contributed by atoms with Crippen molar-refractivity contribution in [2.45, 2.75) is 6.42 Å². The Morgan fingerprint density at radius 2 is 1.74 bits per heavy atom. The number of hydrogen-bond donors (Lipinski definition) is 0. The quantitative estimate of drug-likeness (QED) is 0.510. The van der Waals surface area contributed by atoms with E-state index < -0.39 is 0 Å². The van der Waals surface area contributed by atoms with E-state index >= 15 is 0 Å².